The van der Waals surface area contributed by atoms with E-state index >= 15 is 0 Å². The van der Waals surface area contributed by atoms with Gasteiger partial charge < -0.3 is 17.3 Å². The molecule has 1 aromatic carbocycles. The number of halogens is 7. The van der Waals surface area contributed by atoms with Crippen molar-refractivity contribution in [3.63, 3.8) is 0 Å². The van der Waals surface area contributed by atoms with E-state index in [0.717, 1.165) is 30.2 Å². The van der Waals surface area contributed by atoms with E-state index in [2.05, 4.69) is 0 Å². The highest BCUT2D eigenvalue weighted by Crippen LogP contribution is 2.56. The lowest BCUT2D eigenvalue weighted by Crippen LogP contribution is -2.10. The number of aryl methyl sites for hydroxylation is 1. The fraction of sp³-hybridized carbons (Fsp3) is 0.429. The summed E-state index contributed by atoms with van der Waals surface area (Å²) in [6, 6.07) is 7.20. The van der Waals surface area contributed by atoms with Crippen molar-refractivity contribution in [1.29, 1.82) is 0 Å². The molecule has 0 nitrogen and oxygen atoms in total. The van der Waals surface area contributed by atoms with Crippen molar-refractivity contribution in [2.75, 3.05) is 0 Å². The van der Waals surface area contributed by atoms with Crippen LogP contribution in [0.15, 0.2) is 24.3 Å². The molecule has 0 saturated heterocycles. The summed E-state index contributed by atoms with van der Waals surface area (Å²) in [6.45, 7) is 1.85. The Bertz CT molecular complexity index is 677. The fourth-order valence-electron chi connectivity index (χ4n) is 2.51. The maximum absolute atomic E-state index is 13.3. The Balaban J connectivity index is 0.000000338. The summed E-state index contributed by atoms with van der Waals surface area (Å²) in [5, 5.41) is 0.767. The largest absolute Gasteiger partial charge is 0.673 e. The van der Waals surface area contributed by atoms with Crippen LogP contribution >= 0.6 is 10.5 Å². The van der Waals surface area contributed by atoms with Crippen LogP contribution in [0.2, 0.25) is 0 Å². The minimum atomic E-state index is -6.00. The number of alkyl halides is 3. The first-order valence-electron chi connectivity index (χ1n) is 6.97. The zero-order valence-electron chi connectivity index (χ0n) is 12.1. The minimum absolute atomic E-state index is 0.155. The van der Waals surface area contributed by atoms with Crippen molar-refractivity contribution in [3.05, 3.63) is 34.7 Å². The summed E-state index contributed by atoms with van der Waals surface area (Å²) in [4.78, 5) is 0.620. The monoisotopic (exact) mass is 358 g/mol. The normalized spacial score (nSPS) is 16.8. The second kappa shape index (κ2) is 6.34. The highest BCUT2D eigenvalue weighted by Gasteiger charge is 2.50. The highest BCUT2D eigenvalue weighted by atomic mass is 32.2. The van der Waals surface area contributed by atoms with Gasteiger partial charge in [-0.25, -0.2) is 0 Å². The van der Waals surface area contributed by atoms with E-state index in [1.807, 2.05) is 19.1 Å². The molecule has 1 unspecified atom stereocenters. The molecule has 3 rings (SSSR count). The zero-order valence-corrected chi connectivity index (χ0v) is 13.0. The van der Waals surface area contributed by atoms with Gasteiger partial charge in [0.15, 0.2) is 9.58 Å². The van der Waals surface area contributed by atoms with Gasteiger partial charge in [-0.15, -0.1) is 13.2 Å². The summed E-state index contributed by atoms with van der Waals surface area (Å²) in [7, 11) is -7.69. The quantitative estimate of drug-likeness (QED) is 0.294. The van der Waals surface area contributed by atoms with Crippen LogP contribution in [-0.2, 0) is 5.51 Å². The van der Waals surface area contributed by atoms with Crippen molar-refractivity contribution >= 4 is 27.8 Å². The van der Waals surface area contributed by atoms with Gasteiger partial charge in [-0.1, -0.05) is 12.5 Å². The molecular weight excluding hydrogens is 344 g/mol. The molecule has 9 heteroatoms. The maximum Gasteiger partial charge on any atom is 0.673 e. The lowest BCUT2D eigenvalue weighted by molar-refractivity contribution is -0.0868. The van der Waals surface area contributed by atoms with Crippen molar-refractivity contribution in [3.8, 4) is 0 Å². The molecule has 1 atom stereocenters. The average Bonchev–Trinajstić information content (AvgIpc) is 2.61. The van der Waals surface area contributed by atoms with E-state index in [9.17, 15) is 30.4 Å². The van der Waals surface area contributed by atoms with E-state index in [1.165, 1.54) is 0 Å². The third-order valence-electron chi connectivity index (χ3n) is 3.66. The summed E-state index contributed by atoms with van der Waals surface area (Å²) in [5.74, 6) is 0.155. The van der Waals surface area contributed by atoms with E-state index < -0.39 is 23.2 Å². The van der Waals surface area contributed by atoms with Gasteiger partial charge in [0, 0.05) is 23.4 Å². The van der Waals surface area contributed by atoms with Crippen LogP contribution in [0, 0.1) is 6.92 Å². The lowest BCUT2D eigenvalue weighted by atomic mass is 9.84. The van der Waals surface area contributed by atoms with E-state index in [-0.39, 0.29) is 5.92 Å². The standard InChI is InChI=1S/C14H14F3S.BF4/c1-9-5-6-11-8-13(10-3-2-4-10)18(12(11)7-9)14(15,16)17;2-1(3,4)5/h5-8,10H,2-4H2,1H3;/q+1;-1. The van der Waals surface area contributed by atoms with Gasteiger partial charge in [-0.05, 0) is 31.4 Å². The molecule has 0 N–H and O–H groups in total. The zero-order chi connectivity index (χ0) is 17.4. The Kier molecular flexibility index (Phi) is 4.99. The number of hydrogen-bond donors (Lipinski definition) is 0. The van der Waals surface area contributed by atoms with Gasteiger partial charge in [0.25, 0.3) is 0 Å². The van der Waals surface area contributed by atoms with Gasteiger partial charge in [-0.2, -0.15) is 0 Å². The molecule has 2 aromatic rings. The predicted molar refractivity (Wildman–Crippen MR) is 79.2 cm³/mol. The molecule has 23 heavy (non-hydrogen) atoms. The Labute approximate surface area is 131 Å². The first-order valence-corrected chi connectivity index (χ1v) is 8.20. The van der Waals surface area contributed by atoms with E-state index in [1.54, 1.807) is 12.1 Å². The fourth-order valence-corrected chi connectivity index (χ4v) is 4.76. The van der Waals surface area contributed by atoms with Gasteiger partial charge in [-0.3, -0.25) is 0 Å². The molecule has 0 bridgehead atoms. The number of rotatable bonds is 1. The maximum atomic E-state index is 13.3. The second-order valence-corrected chi connectivity index (χ2v) is 7.45. The van der Waals surface area contributed by atoms with E-state index in [4.69, 9.17) is 0 Å². The SMILES string of the molecule is Cc1ccc2cc(C3CCC3)[s+](C(F)(F)F)c2c1.F[B-](F)(F)F. The van der Waals surface area contributed by atoms with E-state index in [0.29, 0.717) is 9.58 Å². The van der Waals surface area contributed by atoms with Crippen LogP contribution in [0.25, 0.3) is 10.1 Å². The minimum Gasteiger partial charge on any atom is -0.418 e. The third-order valence-corrected chi connectivity index (χ3v) is 5.84. The lowest BCUT2D eigenvalue weighted by Gasteiger charge is -2.21. The van der Waals surface area contributed by atoms with Crippen LogP contribution in [0.3, 0.4) is 0 Å². The molecule has 1 aliphatic rings. The van der Waals surface area contributed by atoms with Crippen molar-refractivity contribution in [1.82, 2.24) is 0 Å². The number of thiophene rings is 1. The molecule has 0 spiro atoms. The summed E-state index contributed by atoms with van der Waals surface area (Å²) >= 11 is 0. The smallest absolute Gasteiger partial charge is 0.418 e. The summed E-state index contributed by atoms with van der Waals surface area (Å²) < 4.78 is 79.4. The topological polar surface area (TPSA) is 0 Å². The molecule has 1 heterocycles. The van der Waals surface area contributed by atoms with Crippen LogP contribution in [0.4, 0.5) is 30.4 Å². The molecule has 0 aliphatic heterocycles. The Morgan fingerprint density at radius 1 is 1.04 bits per heavy atom. The Morgan fingerprint density at radius 2 is 1.61 bits per heavy atom. The highest BCUT2D eigenvalue weighted by molar-refractivity contribution is 7.38. The molecule has 128 valence electrons. The van der Waals surface area contributed by atoms with Crippen molar-refractivity contribution < 1.29 is 30.4 Å². The van der Waals surface area contributed by atoms with Gasteiger partial charge >= 0.3 is 12.8 Å². The van der Waals surface area contributed by atoms with Crippen molar-refractivity contribution in [2.24, 2.45) is 0 Å². The third kappa shape index (κ3) is 4.62. The van der Waals surface area contributed by atoms with Crippen LogP contribution in [0.1, 0.15) is 35.6 Å². The predicted octanol–water partition coefficient (Wildman–Crippen LogP) is 6.94. The van der Waals surface area contributed by atoms with Crippen LogP contribution in [0.5, 0.6) is 0 Å². The molecule has 0 amide bonds. The van der Waals surface area contributed by atoms with Crippen LogP contribution in [-0.4, -0.2) is 7.25 Å². The van der Waals surface area contributed by atoms with Gasteiger partial charge in [0.05, 0.1) is 10.5 Å². The summed E-state index contributed by atoms with van der Waals surface area (Å²) in [5.41, 5.74) is -3.24. The average molecular weight is 358 g/mol. The summed E-state index contributed by atoms with van der Waals surface area (Å²) in [6.07, 6.45) is 2.89. The molecule has 1 aromatic heterocycles. The Hall–Kier alpha value is -1.25. The molecule has 1 saturated carbocycles. The van der Waals surface area contributed by atoms with Gasteiger partial charge in [0.2, 0.25) is 0 Å². The Morgan fingerprint density at radius 3 is 2.04 bits per heavy atom. The second-order valence-electron chi connectivity index (χ2n) is 5.46. The van der Waals surface area contributed by atoms with Crippen LogP contribution < -0.4 is 0 Å². The molecule has 1 aliphatic carbocycles. The van der Waals surface area contributed by atoms with Crippen molar-refractivity contribution in [2.45, 2.75) is 37.6 Å². The van der Waals surface area contributed by atoms with Gasteiger partial charge in [0.1, 0.15) is 0 Å². The molecular formula is C14H14BF7S. The first kappa shape index (κ1) is 18.1. The number of hydrogen-bond acceptors (Lipinski definition) is 0. The first-order chi connectivity index (χ1) is 10.5. The number of benzene rings is 1. The molecule has 1 fully saturated rings. The molecule has 0 radical (unpaired) electrons. The number of fused-ring (bicyclic) bond motifs is 1.